The molecule has 0 saturated carbocycles. The van der Waals surface area contributed by atoms with E-state index < -0.39 is 61.8 Å². The zero-order valence-corrected chi connectivity index (χ0v) is 76.7. The first kappa shape index (κ1) is 91.2. The molecule has 5 amide bonds. The lowest BCUT2D eigenvalue weighted by molar-refractivity contribution is 0.00452. The van der Waals surface area contributed by atoms with E-state index in [-0.39, 0.29) is 64.0 Å². The normalized spacial score (nSPS) is 23.5. The van der Waals surface area contributed by atoms with Crippen LogP contribution in [0, 0.1) is 0 Å². The SMILES string of the molecule is CC(C)(C)OC(=O)N1CCC2(C=Cc3cc(Cl)ccc32)CC1.CC(C)(C)OC(=O)N1CCC2(CC1)CC(=O)c1cc(Cl)ccc12.CC(C)(C)OC(=O)N1CCC2(CC1)c1ccc(Cl)cc1[C@@H](N=[N+]=[N-])[C@@H]2OS(C)(=O)=O.CC(C)(C)OC(=O)N1CCC2(CC1)c1ccc(Cl)cc1[C@@H]1O[C@@H]12.CC(C)(C)OC(=O)N1CCC2(CC1)c1ccc(Cl)cc1[C@H]1N[C@H]12. The first-order valence-electron chi connectivity index (χ1n) is 41.9. The first-order chi connectivity index (χ1) is 56.5. The van der Waals surface area contributed by atoms with Crippen LogP contribution in [0.4, 0.5) is 24.0 Å². The monoisotopic (exact) mass is 1780 g/mol. The first-order valence-corrected chi connectivity index (χ1v) is 45.6. The second-order valence-corrected chi connectivity index (χ2v) is 43.0. The number of piperidine rings is 5. The molecule has 30 heteroatoms. The Morgan fingerprint density at radius 3 is 1.26 bits per heavy atom. The number of benzene rings is 5. The van der Waals surface area contributed by atoms with Gasteiger partial charge in [-0.25, -0.2) is 24.0 Å². The lowest BCUT2D eigenvalue weighted by Gasteiger charge is -2.43. The van der Waals surface area contributed by atoms with Gasteiger partial charge in [0.2, 0.25) is 0 Å². The topological polar surface area (TPSA) is 291 Å². The predicted molar refractivity (Wildman–Crippen MR) is 468 cm³/mol. The molecular weight excluding hydrogens is 1670 g/mol. The number of ether oxygens (including phenoxy) is 6. The number of halogens is 5. The summed E-state index contributed by atoms with van der Waals surface area (Å²) in [5, 5.41) is 10.8. The summed E-state index contributed by atoms with van der Waals surface area (Å²) in [5.74, 6) is 0.160. The Bertz CT molecular complexity index is 4910. The maximum atomic E-state index is 12.5. The fraction of sp³-hybridized carbons (Fsp3) is 0.582. The number of allylic oxidation sites excluding steroid dienone is 1. The summed E-state index contributed by atoms with van der Waals surface area (Å²) >= 11 is 30.6. The number of carbonyl (C=O) groups is 6. The molecule has 7 aliphatic heterocycles. The van der Waals surface area contributed by atoms with E-state index in [4.69, 9.17) is 96.1 Å². The standard InChI is InChI=1S/C19H25ClN4O5S.C18H23ClN2O2.2C18H22ClNO3.C18H22ClNO2/c1-18(2,3)28-17(25)24-9-7-19(8-10-24)14-6-5-12(20)11-13(14)15(22-23-21)16(19)29-30(4,26)27;1-17(2,3)23-16(22)21-8-6-18(7-9-21)13-5-4-11(19)10-12(13)14-15(18)20-14;1-17(2,3)23-16(21)20-8-6-18(7-9-20)13-5-4-11(19)10-12(13)14-15(18)22-14;1-17(2,3)23-16(22)20-8-6-18(7-9-20)11-15(21)13-10-12(19)4-5-14(13)18;1-17(2,3)22-16(21)20-10-8-18(9-11-20)7-6-13-12-14(19)4-5-15(13)18/h5-6,11,15-16H,7-10H2,1-4H3;4-5,10,14-15,20H,6-9H2,1-3H3;4-5,10,14-15H,6-9H2,1-3H3;4-5,10H,6-9,11H2,1-3H3;4-7,12H,8-11H2,1-3H3/t15-,16+;2*14-,15-;;/m110../s1. The average molecular weight is 1780 g/mol. The van der Waals surface area contributed by atoms with Crippen LogP contribution >= 0.6 is 58.0 Å². The number of nitrogens with one attached hydrogen (secondary N) is 1. The quantitative estimate of drug-likeness (QED) is 0.0438. The van der Waals surface area contributed by atoms with Gasteiger partial charge in [0.15, 0.2) is 5.78 Å². The summed E-state index contributed by atoms with van der Waals surface area (Å²) in [6.45, 7) is 34.4. The molecule has 5 aromatic rings. The minimum Gasteiger partial charge on any atom is -0.444 e. The highest BCUT2D eigenvalue weighted by Gasteiger charge is 2.65. The van der Waals surface area contributed by atoms with Crippen molar-refractivity contribution in [2.45, 2.75) is 266 Å². The van der Waals surface area contributed by atoms with Crippen LogP contribution in [-0.4, -0.2) is 187 Å². The number of likely N-dealkylation sites (tertiary alicyclic amines) is 5. The van der Waals surface area contributed by atoms with Crippen molar-refractivity contribution in [2.24, 2.45) is 5.11 Å². The summed E-state index contributed by atoms with van der Waals surface area (Å²) in [7, 11) is -3.84. The number of hydrogen-bond acceptors (Lipinski definition) is 17. The maximum Gasteiger partial charge on any atom is 0.410 e. The molecule has 12 aliphatic rings. The number of fused-ring (bicyclic) bond motifs is 16. The molecule has 7 fully saturated rings. The summed E-state index contributed by atoms with van der Waals surface area (Å²) < 4.78 is 62.8. The molecule has 654 valence electrons. The van der Waals surface area contributed by atoms with Gasteiger partial charge < -0.3 is 58.2 Å². The van der Waals surface area contributed by atoms with Crippen LogP contribution in [0.1, 0.15) is 253 Å². The largest absolute Gasteiger partial charge is 0.444 e. The fourth-order valence-electron chi connectivity index (χ4n) is 19.6. The molecule has 0 aromatic heterocycles. The predicted octanol–water partition coefficient (Wildman–Crippen LogP) is 20.8. The number of carbonyl (C=O) groups excluding carboxylic acids is 6. The van der Waals surface area contributed by atoms with Gasteiger partial charge in [0.05, 0.1) is 24.5 Å². The van der Waals surface area contributed by atoms with Crippen molar-refractivity contribution in [3.8, 4) is 0 Å². The molecule has 7 heterocycles. The minimum absolute atomic E-state index is 0.0447. The number of epoxide rings is 1. The maximum absolute atomic E-state index is 12.5. The van der Waals surface area contributed by atoms with E-state index >= 15 is 0 Å². The van der Waals surface area contributed by atoms with Gasteiger partial charge >= 0.3 is 30.5 Å². The highest BCUT2D eigenvalue weighted by Crippen LogP contribution is 2.64. The second-order valence-electron chi connectivity index (χ2n) is 39.3. The van der Waals surface area contributed by atoms with Crippen LogP contribution < -0.4 is 5.32 Å². The third-order valence-corrected chi connectivity index (χ3v) is 26.9. The van der Waals surface area contributed by atoms with Crippen LogP contribution in [0.25, 0.3) is 16.5 Å². The Morgan fingerprint density at radius 1 is 0.471 bits per heavy atom. The number of Topliss-reactive ketones (excluding diaryl/α,β-unsaturated/α-hetero) is 1. The van der Waals surface area contributed by atoms with Gasteiger partial charge in [0.25, 0.3) is 10.1 Å². The minimum atomic E-state index is -3.84. The van der Waals surface area contributed by atoms with Crippen molar-refractivity contribution in [3.05, 3.63) is 188 Å². The summed E-state index contributed by atoms with van der Waals surface area (Å²) in [6, 6.07) is 29.5. The van der Waals surface area contributed by atoms with E-state index in [0.29, 0.717) is 86.2 Å². The molecule has 24 nitrogen and oxygen atoms in total. The van der Waals surface area contributed by atoms with Crippen LogP contribution in [0.3, 0.4) is 0 Å². The number of nitrogens with zero attached hydrogens (tertiary/aromatic N) is 8. The molecule has 5 aromatic carbocycles. The van der Waals surface area contributed by atoms with Crippen molar-refractivity contribution in [3.63, 3.8) is 0 Å². The van der Waals surface area contributed by atoms with E-state index in [9.17, 15) is 37.2 Å². The van der Waals surface area contributed by atoms with Gasteiger partial charge in [0.1, 0.15) is 34.1 Å². The Kier molecular flexibility index (Phi) is 25.7. The lowest BCUT2D eigenvalue weighted by atomic mass is 9.72. The molecule has 0 bridgehead atoms. The molecule has 7 saturated heterocycles. The van der Waals surface area contributed by atoms with Crippen molar-refractivity contribution >= 4 is 110 Å². The highest BCUT2D eigenvalue weighted by atomic mass is 35.5. The van der Waals surface area contributed by atoms with Crippen molar-refractivity contribution in [1.29, 1.82) is 0 Å². The van der Waals surface area contributed by atoms with Crippen LogP contribution in [0.15, 0.2) is 102 Å². The molecule has 121 heavy (non-hydrogen) atoms. The van der Waals surface area contributed by atoms with Gasteiger partial charge in [-0.2, -0.15) is 8.42 Å². The van der Waals surface area contributed by atoms with Crippen molar-refractivity contribution in [1.82, 2.24) is 29.8 Å². The zero-order chi connectivity index (χ0) is 87.9. The number of amides is 5. The fourth-order valence-corrected chi connectivity index (χ4v) is 21.2. The smallest absolute Gasteiger partial charge is 0.410 e. The van der Waals surface area contributed by atoms with Gasteiger partial charge in [0, 0.05) is 147 Å². The summed E-state index contributed by atoms with van der Waals surface area (Å²) in [4.78, 5) is 85.4. The van der Waals surface area contributed by atoms with Gasteiger partial charge in [-0.15, -0.1) is 0 Å². The lowest BCUT2D eigenvalue weighted by Crippen LogP contribution is -2.51. The Labute approximate surface area is 736 Å². The number of hydrogen-bond donors (Lipinski definition) is 1. The third kappa shape index (κ3) is 20.1. The molecule has 6 atom stereocenters. The number of azide groups is 1. The Hall–Kier alpha value is -7.55. The van der Waals surface area contributed by atoms with E-state index in [1.165, 1.54) is 33.4 Å². The average Bonchev–Trinajstić information content (AvgIpc) is 1.54. The van der Waals surface area contributed by atoms with E-state index in [1.807, 2.05) is 146 Å². The van der Waals surface area contributed by atoms with Crippen molar-refractivity contribution in [2.75, 3.05) is 71.7 Å². The number of rotatable bonds is 3. The molecule has 5 aliphatic carbocycles. The molecule has 1 N–H and O–H groups in total. The van der Waals surface area contributed by atoms with E-state index in [1.54, 1.807) is 48.8 Å². The van der Waals surface area contributed by atoms with Gasteiger partial charge in [-0.3, -0.25) is 8.98 Å². The zero-order valence-electron chi connectivity index (χ0n) is 72.1. The van der Waals surface area contributed by atoms with Crippen LogP contribution in [0.5, 0.6) is 0 Å². The van der Waals surface area contributed by atoms with E-state index in [0.717, 1.165) is 116 Å². The summed E-state index contributed by atoms with van der Waals surface area (Å²) in [5.41, 5.74) is 17.3. The Morgan fingerprint density at radius 2 is 0.826 bits per heavy atom. The summed E-state index contributed by atoms with van der Waals surface area (Å²) in [6.07, 6.45) is 12.3. The van der Waals surface area contributed by atoms with Gasteiger partial charge in [-0.05, 0) is 284 Å². The van der Waals surface area contributed by atoms with Crippen LogP contribution in [0.2, 0.25) is 25.1 Å². The second kappa shape index (κ2) is 34.1. The van der Waals surface area contributed by atoms with Crippen molar-refractivity contribution < 1.29 is 69.8 Å². The van der Waals surface area contributed by atoms with E-state index in [2.05, 4.69) is 51.8 Å². The molecule has 5 spiro atoms. The molecule has 17 rings (SSSR count). The number of ketones is 1. The highest BCUT2D eigenvalue weighted by molar-refractivity contribution is 7.86. The molecular formula is C91H114Cl5N9O15S. The third-order valence-electron chi connectivity index (χ3n) is 25.2. The Balaban J connectivity index is 0.000000131. The molecule has 0 radical (unpaired) electrons. The molecule has 0 unspecified atom stereocenters. The van der Waals surface area contributed by atoms with Crippen LogP contribution in [-0.2, 0) is 69.8 Å². The van der Waals surface area contributed by atoms with Gasteiger partial charge in [-0.1, -0.05) is 106 Å².